The Morgan fingerprint density at radius 2 is 0.754 bits per heavy atom. The van der Waals surface area contributed by atoms with Crippen LogP contribution in [-0.2, 0) is 32.7 Å². The summed E-state index contributed by atoms with van der Waals surface area (Å²) >= 11 is 0. The number of hydrogen-bond donors (Lipinski definition) is 2. The van der Waals surface area contributed by atoms with Crippen LogP contribution in [0.3, 0.4) is 0 Å². The van der Waals surface area contributed by atoms with Gasteiger partial charge >= 0.3 is 19.8 Å². The molecule has 0 aliphatic rings. The van der Waals surface area contributed by atoms with E-state index in [0.717, 1.165) is 32.1 Å². The van der Waals surface area contributed by atoms with Gasteiger partial charge in [0.1, 0.15) is 6.61 Å². The first-order valence-corrected chi connectivity index (χ1v) is 29.3. The molecule has 0 aromatic heterocycles. The zero-order valence-corrected chi connectivity index (χ0v) is 43.6. The molecule has 2 atom stereocenters. The van der Waals surface area contributed by atoms with Crippen molar-refractivity contribution in [2.45, 2.75) is 290 Å². The molecule has 0 bridgehead atoms. The largest absolute Gasteiger partial charge is 0.472 e. The highest BCUT2D eigenvalue weighted by Crippen LogP contribution is 2.43. The highest BCUT2D eigenvalue weighted by molar-refractivity contribution is 7.47. The van der Waals surface area contributed by atoms with Gasteiger partial charge in [-0.1, -0.05) is 231 Å². The molecule has 3 N–H and O–H groups in total. The SMILES string of the molecule is CCCCCCCC/C=C\CCCCCCCCCCCC(=O)OCC(COP(=O)(O)OCCN)OC(=O)CCCCCCCCCCCCCCC/C=C\CCCCCCCCCC. The van der Waals surface area contributed by atoms with E-state index in [1.54, 1.807) is 0 Å². The highest BCUT2D eigenvalue weighted by Gasteiger charge is 2.26. The Hall–Kier alpha value is -1.51. The summed E-state index contributed by atoms with van der Waals surface area (Å²) in [4.78, 5) is 35.1. The predicted molar refractivity (Wildman–Crippen MR) is 275 cm³/mol. The molecule has 9 nitrogen and oxygen atoms in total. The molecule has 65 heavy (non-hydrogen) atoms. The van der Waals surface area contributed by atoms with Gasteiger partial charge in [0.25, 0.3) is 0 Å². The van der Waals surface area contributed by atoms with Gasteiger partial charge in [0.15, 0.2) is 6.10 Å². The van der Waals surface area contributed by atoms with E-state index in [-0.39, 0.29) is 38.6 Å². The van der Waals surface area contributed by atoms with Crippen LogP contribution in [0.4, 0.5) is 0 Å². The van der Waals surface area contributed by atoms with Gasteiger partial charge in [-0.15, -0.1) is 0 Å². The zero-order chi connectivity index (χ0) is 47.4. The van der Waals surface area contributed by atoms with Gasteiger partial charge in [0.05, 0.1) is 13.2 Å². The van der Waals surface area contributed by atoms with Gasteiger partial charge in [0, 0.05) is 19.4 Å². The number of hydrogen-bond acceptors (Lipinski definition) is 8. The van der Waals surface area contributed by atoms with E-state index in [0.29, 0.717) is 6.42 Å². The first kappa shape index (κ1) is 63.5. The first-order chi connectivity index (χ1) is 31.8. The number of esters is 2. The summed E-state index contributed by atoms with van der Waals surface area (Å²) in [5.41, 5.74) is 5.38. The molecular formula is C55H106NO8P. The van der Waals surface area contributed by atoms with Crippen LogP contribution in [0.1, 0.15) is 284 Å². The van der Waals surface area contributed by atoms with Crippen molar-refractivity contribution in [3.63, 3.8) is 0 Å². The summed E-state index contributed by atoms with van der Waals surface area (Å²) in [6, 6.07) is 0. The maximum Gasteiger partial charge on any atom is 0.472 e. The average molecular weight is 940 g/mol. The fourth-order valence-electron chi connectivity index (χ4n) is 8.16. The van der Waals surface area contributed by atoms with E-state index in [9.17, 15) is 19.0 Å². The third-order valence-corrected chi connectivity index (χ3v) is 13.3. The molecule has 0 radical (unpaired) electrons. The maximum atomic E-state index is 12.7. The molecule has 0 fully saturated rings. The summed E-state index contributed by atoms with van der Waals surface area (Å²) < 4.78 is 33.0. The van der Waals surface area contributed by atoms with Crippen molar-refractivity contribution in [1.82, 2.24) is 0 Å². The number of phosphoric acid groups is 1. The van der Waals surface area contributed by atoms with Crippen LogP contribution in [0.25, 0.3) is 0 Å². The molecule has 0 aliphatic carbocycles. The Morgan fingerprint density at radius 1 is 0.446 bits per heavy atom. The molecule has 0 saturated carbocycles. The van der Waals surface area contributed by atoms with Crippen molar-refractivity contribution in [2.24, 2.45) is 5.73 Å². The van der Waals surface area contributed by atoms with E-state index < -0.39 is 26.5 Å². The fourth-order valence-corrected chi connectivity index (χ4v) is 8.92. The minimum absolute atomic E-state index is 0.0550. The van der Waals surface area contributed by atoms with E-state index >= 15 is 0 Å². The van der Waals surface area contributed by atoms with Crippen LogP contribution < -0.4 is 5.73 Å². The number of unbranched alkanes of at least 4 members (excludes halogenated alkanes) is 36. The molecule has 384 valence electrons. The van der Waals surface area contributed by atoms with Crippen LogP contribution in [-0.4, -0.2) is 49.3 Å². The van der Waals surface area contributed by atoms with Crippen LogP contribution >= 0.6 is 7.82 Å². The molecule has 0 aromatic rings. The third-order valence-electron chi connectivity index (χ3n) is 12.3. The van der Waals surface area contributed by atoms with Crippen LogP contribution in [0.5, 0.6) is 0 Å². The van der Waals surface area contributed by atoms with E-state index in [1.165, 1.54) is 218 Å². The van der Waals surface area contributed by atoms with E-state index in [1.807, 2.05) is 0 Å². The van der Waals surface area contributed by atoms with E-state index in [4.69, 9.17) is 24.3 Å². The topological polar surface area (TPSA) is 134 Å². The number of nitrogens with two attached hydrogens (primary N) is 1. The van der Waals surface area contributed by atoms with Gasteiger partial charge in [-0.05, 0) is 64.2 Å². The summed E-state index contributed by atoms with van der Waals surface area (Å²) in [5, 5.41) is 0. The second-order valence-electron chi connectivity index (χ2n) is 18.8. The van der Waals surface area contributed by atoms with Gasteiger partial charge in [0.2, 0.25) is 0 Å². The van der Waals surface area contributed by atoms with Crippen molar-refractivity contribution in [1.29, 1.82) is 0 Å². The quantitative estimate of drug-likeness (QED) is 0.0264. The lowest BCUT2D eigenvalue weighted by atomic mass is 10.0. The van der Waals surface area contributed by atoms with Crippen molar-refractivity contribution in [2.75, 3.05) is 26.4 Å². The highest BCUT2D eigenvalue weighted by atomic mass is 31.2. The van der Waals surface area contributed by atoms with Crippen LogP contribution in [0.2, 0.25) is 0 Å². The maximum absolute atomic E-state index is 12.7. The Bertz CT molecular complexity index is 1120. The molecule has 0 aromatic carbocycles. The smallest absolute Gasteiger partial charge is 0.462 e. The number of rotatable bonds is 53. The lowest BCUT2D eigenvalue weighted by Gasteiger charge is -2.19. The Balaban J connectivity index is 3.96. The van der Waals surface area contributed by atoms with Crippen LogP contribution in [0.15, 0.2) is 24.3 Å². The minimum Gasteiger partial charge on any atom is -0.462 e. The molecule has 0 amide bonds. The van der Waals surface area contributed by atoms with E-state index in [2.05, 4.69) is 38.2 Å². The van der Waals surface area contributed by atoms with Gasteiger partial charge in [-0.2, -0.15) is 0 Å². The molecule has 10 heteroatoms. The van der Waals surface area contributed by atoms with Crippen molar-refractivity contribution in [3.8, 4) is 0 Å². The number of carbonyl (C=O) groups excluding carboxylic acids is 2. The Morgan fingerprint density at radius 3 is 1.09 bits per heavy atom. The van der Waals surface area contributed by atoms with Gasteiger partial charge < -0.3 is 20.1 Å². The van der Waals surface area contributed by atoms with Crippen molar-refractivity contribution in [3.05, 3.63) is 24.3 Å². The monoisotopic (exact) mass is 940 g/mol. The molecule has 0 rings (SSSR count). The Labute approximate surface area is 402 Å². The molecule has 0 aliphatic heterocycles. The average Bonchev–Trinajstić information content (AvgIpc) is 3.30. The summed E-state index contributed by atoms with van der Waals surface area (Å²) in [7, 11) is -4.38. The van der Waals surface area contributed by atoms with Gasteiger partial charge in [-0.25, -0.2) is 4.57 Å². The Kier molecular flexibility index (Phi) is 50.7. The number of ether oxygens (including phenoxy) is 2. The van der Waals surface area contributed by atoms with Crippen LogP contribution in [0, 0.1) is 0 Å². The third kappa shape index (κ3) is 51.7. The number of allylic oxidation sites excluding steroid dienone is 4. The molecule has 0 heterocycles. The molecule has 0 saturated heterocycles. The summed E-state index contributed by atoms with van der Waals surface area (Å²) in [6.07, 6.45) is 59.4. The molecule has 2 unspecified atom stereocenters. The summed E-state index contributed by atoms with van der Waals surface area (Å²) in [5.74, 6) is -0.816. The summed E-state index contributed by atoms with van der Waals surface area (Å²) in [6.45, 7) is 3.78. The zero-order valence-electron chi connectivity index (χ0n) is 42.7. The number of carbonyl (C=O) groups is 2. The first-order valence-electron chi connectivity index (χ1n) is 27.8. The lowest BCUT2D eigenvalue weighted by Crippen LogP contribution is -2.29. The van der Waals surface area contributed by atoms with Gasteiger partial charge in [-0.3, -0.25) is 18.6 Å². The number of phosphoric ester groups is 1. The predicted octanol–water partition coefficient (Wildman–Crippen LogP) is 17.1. The standard InChI is InChI=1S/C55H106NO8P/c1-3-5-7-9-11-13-15-17-19-21-23-24-25-26-27-28-30-32-34-36-38-40-42-44-46-48-55(58)64-53(52-63-65(59,60)62-50-49-56)51-61-54(57)47-45-43-41-39-37-35-33-31-29-22-20-18-16-14-12-10-8-6-4-2/h18,20-21,23,53H,3-17,19,22,24-52,56H2,1-2H3,(H,59,60)/b20-18-,23-21-. The molecular weight excluding hydrogens is 834 g/mol. The second kappa shape index (κ2) is 51.9. The fraction of sp³-hybridized carbons (Fsp3) is 0.891. The second-order valence-corrected chi connectivity index (χ2v) is 20.3. The normalized spacial score (nSPS) is 13.2. The molecule has 0 spiro atoms. The minimum atomic E-state index is -4.38. The van der Waals surface area contributed by atoms with Crippen molar-refractivity contribution < 1.29 is 37.6 Å². The lowest BCUT2D eigenvalue weighted by molar-refractivity contribution is -0.161. The van der Waals surface area contributed by atoms with Crippen molar-refractivity contribution >= 4 is 19.8 Å².